The van der Waals surface area contributed by atoms with Crippen LogP contribution < -0.4 is 5.73 Å². The van der Waals surface area contributed by atoms with Crippen LogP contribution in [0.3, 0.4) is 0 Å². The second-order valence-electron chi connectivity index (χ2n) is 6.24. The van der Waals surface area contributed by atoms with Crippen LogP contribution in [0.1, 0.15) is 52.4 Å². The fourth-order valence-corrected chi connectivity index (χ4v) is 2.75. The van der Waals surface area contributed by atoms with Gasteiger partial charge in [0.05, 0.1) is 0 Å². The summed E-state index contributed by atoms with van der Waals surface area (Å²) in [5.41, 5.74) is 6.35. The molecule has 94 valence electrons. The van der Waals surface area contributed by atoms with E-state index in [0.717, 1.165) is 18.4 Å². The van der Waals surface area contributed by atoms with E-state index in [9.17, 15) is 0 Å². The lowest BCUT2D eigenvalue weighted by atomic mass is 9.92. The normalized spacial score (nSPS) is 24.8. The summed E-state index contributed by atoms with van der Waals surface area (Å²) in [7, 11) is 0. The Labute approximate surface area is 101 Å². The third kappa shape index (κ3) is 3.21. The van der Waals surface area contributed by atoms with E-state index in [4.69, 9.17) is 5.73 Å². The summed E-state index contributed by atoms with van der Waals surface area (Å²) in [6.07, 6.45) is 8.37. The first-order valence-corrected chi connectivity index (χ1v) is 7.13. The number of rotatable bonds is 8. The van der Waals surface area contributed by atoms with E-state index in [0.29, 0.717) is 0 Å². The highest BCUT2D eigenvalue weighted by molar-refractivity contribution is 4.94. The molecule has 0 heterocycles. The van der Waals surface area contributed by atoms with Crippen LogP contribution in [0.4, 0.5) is 0 Å². The van der Waals surface area contributed by atoms with Gasteiger partial charge in [-0.15, -0.1) is 0 Å². The zero-order valence-corrected chi connectivity index (χ0v) is 11.0. The largest absolute Gasteiger partial charge is 0.329 e. The van der Waals surface area contributed by atoms with Gasteiger partial charge < -0.3 is 5.73 Å². The predicted octanol–water partition coefficient (Wildman–Crippen LogP) is 2.63. The molecule has 0 aromatic heterocycles. The fourth-order valence-electron chi connectivity index (χ4n) is 2.75. The average Bonchev–Trinajstić information content (AvgIpc) is 3.11. The molecule has 2 aliphatic rings. The number of nitrogens with two attached hydrogens (primary N) is 1. The first-order valence-electron chi connectivity index (χ1n) is 7.13. The molecule has 2 saturated carbocycles. The van der Waals surface area contributed by atoms with Crippen LogP contribution in [0.25, 0.3) is 0 Å². The van der Waals surface area contributed by atoms with E-state index in [-0.39, 0.29) is 5.54 Å². The van der Waals surface area contributed by atoms with Crippen molar-refractivity contribution >= 4 is 0 Å². The lowest BCUT2D eigenvalue weighted by Gasteiger charge is -2.41. The molecule has 2 fully saturated rings. The molecular weight excluding hydrogens is 196 g/mol. The van der Waals surface area contributed by atoms with Crippen molar-refractivity contribution in [3.8, 4) is 0 Å². The second kappa shape index (κ2) is 5.05. The minimum atomic E-state index is 0.278. The average molecular weight is 224 g/mol. The maximum absolute atomic E-state index is 6.07. The molecule has 2 N–H and O–H groups in total. The van der Waals surface area contributed by atoms with E-state index in [1.165, 1.54) is 51.6 Å². The fraction of sp³-hybridized carbons (Fsp3) is 1.00. The van der Waals surface area contributed by atoms with Gasteiger partial charge in [0, 0.05) is 18.6 Å². The molecule has 1 unspecified atom stereocenters. The molecule has 2 aliphatic carbocycles. The molecular formula is C14H28N2. The van der Waals surface area contributed by atoms with Crippen LogP contribution in [0.2, 0.25) is 0 Å². The van der Waals surface area contributed by atoms with Crippen molar-refractivity contribution in [2.75, 3.05) is 19.6 Å². The molecule has 0 aromatic rings. The third-order valence-electron chi connectivity index (χ3n) is 4.30. The van der Waals surface area contributed by atoms with Gasteiger partial charge >= 0.3 is 0 Å². The molecule has 0 saturated heterocycles. The molecule has 2 nitrogen and oxygen atoms in total. The Morgan fingerprint density at radius 3 is 2.25 bits per heavy atom. The van der Waals surface area contributed by atoms with Crippen LogP contribution in [0.5, 0.6) is 0 Å². The van der Waals surface area contributed by atoms with E-state index in [2.05, 4.69) is 18.7 Å². The zero-order valence-electron chi connectivity index (χ0n) is 11.0. The van der Waals surface area contributed by atoms with Gasteiger partial charge in [-0.25, -0.2) is 0 Å². The standard InChI is InChI=1S/C14H28N2/c1-3-8-16(10-13-6-7-13)14(2,11-15)9-12-4-5-12/h12-13H,3-11,15H2,1-2H3. The Kier molecular flexibility index (Phi) is 3.91. The molecule has 16 heavy (non-hydrogen) atoms. The van der Waals surface area contributed by atoms with Gasteiger partial charge in [0.1, 0.15) is 0 Å². The number of hydrogen-bond acceptors (Lipinski definition) is 2. The molecule has 0 aromatic carbocycles. The van der Waals surface area contributed by atoms with E-state index < -0.39 is 0 Å². The van der Waals surface area contributed by atoms with Crippen molar-refractivity contribution in [1.29, 1.82) is 0 Å². The van der Waals surface area contributed by atoms with Crippen molar-refractivity contribution in [1.82, 2.24) is 4.90 Å². The molecule has 0 bridgehead atoms. The smallest absolute Gasteiger partial charge is 0.0306 e. The zero-order chi connectivity index (χ0) is 11.6. The van der Waals surface area contributed by atoms with Gasteiger partial charge in [-0.2, -0.15) is 0 Å². The van der Waals surface area contributed by atoms with Crippen molar-refractivity contribution in [2.24, 2.45) is 17.6 Å². The van der Waals surface area contributed by atoms with Crippen LogP contribution in [0, 0.1) is 11.8 Å². The van der Waals surface area contributed by atoms with Crippen LogP contribution in [-0.2, 0) is 0 Å². The Balaban J connectivity index is 1.93. The van der Waals surface area contributed by atoms with Gasteiger partial charge in [-0.05, 0) is 51.0 Å². The minimum absolute atomic E-state index is 0.278. The summed E-state index contributed by atoms with van der Waals surface area (Å²) in [6, 6.07) is 0. The molecule has 0 radical (unpaired) electrons. The maximum atomic E-state index is 6.07. The maximum Gasteiger partial charge on any atom is 0.0306 e. The quantitative estimate of drug-likeness (QED) is 0.687. The van der Waals surface area contributed by atoms with E-state index >= 15 is 0 Å². The molecule has 2 rings (SSSR count). The third-order valence-corrected chi connectivity index (χ3v) is 4.30. The van der Waals surface area contributed by atoms with Gasteiger partial charge in [0.2, 0.25) is 0 Å². The summed E-state index contributed by atoms with van der Waals surface area (Å²) in [4.78, 5) is 2.70. The Morgan fingerprint density at radius 1 is 1.19 bits per heavy atom. The van der Waals surface area contributed by atoms with Gasteiger partial charge in [-0.3, -0.25) is 4.90 Å². The van der Waals surface area contributed by atoms with E-state index in [1.54, 1.807) is 0 Å². The number of nitrogens with zero attached hydrogens (tertiary/aromatic N) is 1. The SMILES string of the molecule is CCCN(CC1CC1)C(C)(CN)CC1CC1. The highest BCUT2D eigenvalue weighted by atomic mass is 15.2. The topological polar surface area (TPSA) is 29.3 Å². The molecule has 2 heteroatoms. The Morgan fingerprint density at radius 2 is 1.81 bits per heavy atom. The summed E-state index contributed by atoms with van der Waals surface area (Å²) < 4.78 is 0. The first kappa shape index (κ1) is 12.4. The lowest BCUT2D eigenvalue weighted by molar-refractivity contribution is 0.0899. The lowest BCUT2D eigenvalue weighted by Crippen LogP contribution is -2.53. The van der Waals surface area contributed by atoms with Gasteiger partial charge in [-0.1, -0.05) is 19.8 Å². The van der Waals surface area contributed by atoms with E-state index in [1.807, 2.05) is 0 Å². The van der Waals surface area contributed by atoms with Crippen molar-refractivity contribution in [3.63, 3.8) is 0 Å². The summed E-state index contributed by atoms with van der Waals surface area (Å²) in [5, 5.41) is 0. The molecule has 0 aliphatic heterocycles. The highest BCUT2D eigenvalue weighted by Crippen LogP contribution is 2.40. The summed E-state index contributed by atoms with van der Waals surface area (Å²) in [5.74, 6) is 1.96. The molecule has 0 amide bonds. The summed E-state index contributed by atoms with van der Waals surface area (Å²) in [6.45, 7) is 8.04. The molecule has 1 atom stereocenters. The van der Waals surface area contributed by atoms with Crippen LogP contribution in [0.15, 0.2) is 0 Å². The Hall–Kier alpha value is -0.0800. The summed E-state index contributed by atoms with van der Waals surface area (Å²) >= 11 is 0. The van der Waals surface area contributed by atoms with Gasteiger partial charge in [0.15, 0.2) is 0 Å². The van der Waals surface area contributed by atoms with Crippen molar-refractivity contribution in [2.45, 2.75) is 57.9 Å². The monoisotopic (exact) mass is 224 g/mol. The van der Waals surface area contributed by atoms with Crippen molar-refractivity contribution in [3.05, 3.63) is 0 Å². The van der Waals surface area contributed by atoms with Crippen LogP contribution in [-0.4, -0.2) is 30.1 Å². The Bertz CT molecular complexity index is 221. The highest BCUT2D eigenvalue weighted by Gasteiger charge is 2.38. The van der Waals surface area contributed by atoms with Crippen LogP contribution >= 0.6 is 0 Å². The predicted molar refractivity (Wildman–Crippen MR) is 69.4 cm³/mol. The second-order valence-corrected chi connectivity index (χ2v) is 6.24. The molecule has 0 spiro atoms. The minimum Gasteiger partial charge on any atom is -0.329 e. The number of hydrogen-bond donors (Lipinski definition) is 1. The first-order chi connectivity index (χ1) is 7.68. The van der Waals surface area contributed by atoms with Gasteiger partial charge in [0.25, 0.3) is 0 Å². The van der Waals surface area contributed by atoms with Crippen molar-refractivity contribution < 1.29 is 0 Å².